The Morgan fingerprint density at radius 3 is 2.64 bits per heavy atom. The number of aliphatic hydroxyl groups excluding tert-OH is 1. The predicted octanol–water partition coefficient (Wildman–Crippen LogP) is 6.06. The number of aliphatic hydroxyl groups is 2. The lowest BCUT2D eigenvalue weighted by Gasteiger charge is -2.60. The molecule has 2 N–H and O–H groups in total. The third-order valence-electron chi connectivity index (χ3n) is 11.8. The predicted molar refractivity (Wildman–Crippen MR) is 171 cm³/mol. The molecule has 0 amide bonds. The molecule has 226 valence electrons. The number of Topliss-reactive ketones (excluding diaryl/α,β-unsaturated/α-hetero) is 1. The number of carbonyl (C=O) groups is 1. The molecule has 5 unspecified atom stereocenters. The summed E-state index contributed by atoms with van der Waals surface area (Å²) in [7, 11) is 0. The number of hydrogen-bond donors (Lipinski definition) is 2. The van der Waals surface area contributed by atoms with Gasteiger partial charge in [-0.25, -0.2) is 9.67 Å². The van der Waals surface area contributed by atoms with E-state index in [0.29, 0.717) is 17.9 Å². The van der Waals surface area contributed by atoms with Crippen LogP contribution in [0.3, 0.4) is 0 Å². The minimum Gasteiger partial charge on any atom is -0.393 e. The number of ketones is 1. The highest BCUT2D eigenvalue weighted by Gasteiger charge is 2.68. The number of carbonyl (C=O) groups excluding carboxylic acids is 1. The lowest BCUT2D eigenvalue weighted by atomic mass is 9.45. The second kappa shape index (κ2) is 10.1. The molecule has 44 heavy (non-hydrogen) atoms. The number of rotatable bonds is 5. The van der Waals surface area contributed by atoms with E-state index in [2.05, 4.69) is 42.0 Å². The Morgan fingerprint density at radius 1 is 1.05 bits per heavy atom. The summed E-state index contributed by atoms with van der Waals surface area (Å²) in [5.41, 5.74) is 4.10. The molecular weight excluding hydrogens is 568 g/mol. The van der Waals surface area contributed by atoms with Crippen molar-refractivity contribution in [3.05, 3.63) is 83.8 Å². The van der Waals surface area contributed by atoms with Gasteiger partial charge in [-0.1, -0.05) is 61.5 Å². The van der Waals surface area contributed by atoms with Crippen molar-refractivity contribution in [3.63, 3.8) is 0 Å². The van der Waals surface area contributed by atoms with Crippen LogP contribution in [-0.4, -0.2) is 53.2 Å². The van der Waals surface area contributed by atoms with Gasteiger partial charge in [-0.2, -0.15) is 5.10 Å². The molecule has 0 saturated heterocycles. The van der Waals surface area contributed by atoms with Gasteiger partial charge in [0.15, 0.2) is 5.78 Å². The number of para-hydroxylation sites is 3. The Balaban J connectivity index is 1.04. The number of allylic oxidation sites excluding steroid dienone is 1. The molecule has 0 aliphatic heterocycles. The summed E-state index contributed by atoms with van der Waals surface area (Å²) in [5, 5.41) is 29.6. The van der Waals surface area contributed by atoms with Crippen molar-refractivity contribution < 1.29 is 15.0 Å². The smallest absolute Gasteiger partial charge is 0.175 e. The number of nitrogens with zero attached hydrogens (tertiary/aromatic N) is 4. The normalized spacial score (nSPS) is 34.0. The highest BCUT2D eigenvalue weighted by molar-refractivity contribution is 7.99. The first-order valence-corrected chi connectivity index (χ1v) is 16.8. The maximum Gasteiger partial charge on any atom is 0.175 e. The Kier molecular flexibility index (Phi) is 6.46. The molecule has 8 heteroatoms. The lowest BCUT2D eigenvalue weighted by Crippen LogP contribution is -2.62. The van der Waals surface area contributed by atoms with E-state index in [0.717, 1.165) is 48.1 Å². The van der Waals surface area contributed by atoms with E-state index in [1.54, 1.807) is 6.20 Å². The first-order chi connectivity index (χ1) is 21.2. The third-order valence-corrected chi connectivity index (χ3v) is 12.7. The van der Waals surface area contributed by atoms with E-state index < -0.39 is 17.1 Å². The second-order valence-electron chi connectivity index (χ2n) is 13.9. The van der Waals surface area contributed by atoms with Gasteiger partial charge in [0.1, 0.15) is 10.6 Å². The Morgan fingerprint density at radius 2 is 1.82 bits per heavy atom. The first-order valence-electron chi connectivity index (χ1n) is 15.8. The molecule has 7 atom stereocenters. The fourth-order valence-corrected chi connectivity index (χ4v) is 10.5. The van der Waals surface area contributed by atoms with E-state index >= 15 is 0 Å². The molecule has 4 aliphatic carbocycles. The van der Waals surface area contributed by atoms with Crippen molar-refractivity contribution >= 4 is 34.7 Å². The van der Waals surface area contributed by atoms with Crippen LogP contribution >= 0.6 is 11.8 Å². The van der Waals surface area contributed by atoms with Crippen LogP contribution < -0.4 is 0 Å². The van der Waals surface area contributed by atoms with Gasteiger partial charge in [-0.05, 0) is 97.6 Å². The maximum atomic E-state index is 13.9. The number of hydrogen-bond acceptors (Lipinski definition) is 7. The molecule has 4 aliphatic rings. The summed E-state index contributed by atoms with van der Waals surface area (Å²) in [4.78, 5) is 23.0. The van der Waals surface area contributed by atoms with Crippen molar-refractivity contribution in [1.29, 1.82) is 0 Å². The van der Waals surface area contributed by atoms with Crippen LogP contribution in [0.25, 0.3) is 22.8 Å². The number of thioether (sulfide) groups is 1. The molecule has 0 radical (unpaired) electrons. The molecule has 8 rings (SSSR count). The molecular formula is C36H38N4O3S. The van der Waals surface area contributed by atoms with Crippen LogP contribution in [0.5, 0.6) is 0 Å². The molecule has 3 fully saturated rings. The highest BCUT2D eigenvalue weighted by Crippen LogP contribution is 2.67. The van der Waals surface area contributed by atoms with Crippen LogP contribution in [-0.2, 0) is 11.2 Å². The molecule has 4 aromatic rings. The van der Waals surface area contributed by atoms with Crippen molar-refractivity contribution in [2.75, 3.05) is 5.75 Å². The zero-order chi connectivity index (χ0) is 30.3. The average molecular weight is 607 g/mol. The fraction of sp³-hybridized carbons (Fsp3) is 0.444. The summed E-state index contributed by atoms with van der Waals surface area (Å²) in [6, 6.07) is 17.9. The van der Waals surface area contributed by atoms with Crippen LogP contribution in [0, 0.1) is 28.6 Å². The Bertz CT molecular complexity index is 1810. The SMILES string of the molecule is CC12Cc3cnn(-c4ccccc4)c3C=C1CCC1C2[C@@H](O)CC2(C)C1CC[C@]2(O)C(=O)CSc1cnc2ccccc2n1. The van der Waals surface area contributed by atoms with Gasteiger partial charge in [0.05, 0.1) is 46.7 Å². The van der Waals surface area contributed by atoms with Crippen LogP contribution in [0.2, 0.25) is 0 Å². The zero-order valence-corrected chi connectivity index (χ0v) is 26.0. The maximum absolute atomic E-state index is 13.9. The molecule has 2 heterocycles. The van der Waals surface area contributed by atoms with Gasteiger partial charge in [0.2, 0.25) is 0 Å². The van der Waals surface area contributed by atoms with Gasteiger partial charge in [0.25, 0.3) is 0 Å². The van der Waals surface area contributed by atoms with Gasteiger partial charge in [-0.3, -0.25) is 9.78 Å². The standard InChI is InChI=1S/C36H38N4O3S/c1-34-17-22-19-38-40(24-8-4-3-5-9-24)29(22)16-23(34)12-13-25-26-14-15-36(43,35(26,2)18-30(41)33(25)34)31(42)21-44-32-20-37-27-10-6-7-11-28(27)39-32/h3-11,16,19-20,25-26,30,33,41,43H,12-15,17-18,21H2,1-2H3/t25?,26?,30-,33?,34?,35?,36-/m0/s1. The van der Waals surface area contributed by atoms with E-state index in [4.69, 9.17) is 5.10 Å². The van der Waals surface area contributed by atoms with E-state index in [-0.39, 0.29) is 34.7 Å². The summed E-state index contributed by atoms with van der Waals surface area (Å²) in [5.74, 6) is 0.480. The highest BCUT2D eigenvalue weighted by atomic mass is 32.2. The Hall–Kier alpha value is -3.33. The van der Waals surface area contributed by atoms with Gasteiger partial charge >= 0.3 is 0 Å². The molecule has 0 bridgehead atoms. The molecule has 2 aromatic carbocycles. The van der Waals surface area contributed by atoms with Crippen molar-refractivity contribution in [2.24, 2.45) is 28.6 Å². The van der Waals surface area contributed by atoms with Crippen LogP contribution in [0.4, 0.5) is 0 Å². The van der Waals surface area contributed by atoms with Crippen molar-refractivity contribution in [3.8, 4) is 5.69 Å². The molecule has 2 aromatic heterocycles. The van der Waals surface area contributed by atoms with Crippen LogP contribution in [0.15, 0.2) is 77.6 Å². The molecule has 3 saturated carbocycles. The minimum absolute atomic E-state index is 0.0773. The first kappa shape index (κ1) is 28.2. The van der Waals surface area contributed by atoms with Crippen molar-refractivity contribution in [2.45, 2.75) is 69.1 Å². The fourth-order valence-electron chi connectivity index (χ4n) is 9.69. The van der Waals surface area contributed by atoms with Gasteiger partial charge in [-0.15, -0.1) is 0 Å². The largest absolute Gasteiger partial charge is 0.393 e. The molecule has 0 spiro atoms. The summed E-state index contributed by atoms with van der Waals surface area (Å²) >= 11 is 1.34. The summed E-state index contributed by atoms with van der Waals surface area (Å²) in [6.45, 7) is 4.40. The number of fused-ring (bicyclic) bond motifs is 7. The minimum atomic E-state index is -1.46. The second-order valence-corrected chi connectivity index (χ2v) is 14.9. The van der Waals surface area contributed by atoms with E-state index in [1.165, 1.54) is 22.9 Å². The summed E-state index contributed by atoms with van der Waals surface area (Å²) in [6.07, 6.45) is 9.87. The Labute approximate surface area is 261 Å². The quantitative estimate of drug-likeness (QED) is 0.266. The van der Waals surface area contributed by atoms with Crippen LogP contribution in [0.1, 0.15) is 57.2 Å². The number of aromatic nitrogens is 4. The van der Waals surface area contributed by atoms with Crippen molar-refractivity contribution in [1.82, 2.24) is 19.7 Å². The zero-order valence-electron chi connectivity index (χ0n) is 25.2. The van der Waals surface area contributed by atoms with Gasteiger partial charge in [0, 0.05) is 5.41 Å². The topological polar surface area (TPSA) is 101 Å². The van der Waals surface area contributed by atoms with Gasteiger partial charge < -0.3 is 10.2 Å². The van der Waals surface area contributed by atoms with E-state index in [9.17, 15) is 15.0 Å². The monoisotopic (exact) mass is 606 g/mol. The van der Waals surface area contributed by atoms with E-state index in [1.807, 2.05) is 53.3 Å². The third kappa shape index (κ3) is 4.03. The molecule has 7 nitrogen and oxygen atoms in total. The lowest BCUT2D eigenvalue weighted by molar-refractivity contribution is -0.177. The number of benzene rings is 2. The summed E-state index contributed by atoms with van der Waals surface area (Å²) < 4.78 is 2.03. The average Bonchev–Trinajstić information content (AvgIpc) is 3.55.